The molecule has 5 heteroatoms. The summed E-state index contributed by atoms with van der Waals surface area (Å²) in [4.78, 5) is 24.9. The maximum absolute atomic E-state index is 12.7. The summed E-state index contributed by atoms with van der Waals surface area (Å²) in [6.45, 7) is 0. The predicted octanol–water partition coefficient (Wildman–Crippen LogP) is 3.07. The molecule has 0 N–H and O–H groups in total. The summed E-state index contributed by atoms with van der Waals surface area (Å²) in [5.41, 5.74) is 3.60. The summed E-state index contributed by atoms with van der Waals surface area (Å²) in [7, 11) is 1.43. The summed E-state index contributed by atoms with van der Waals surface area (Å²) in [6.07, 6.45) is 3.24. The summed E-state index contributed by atoms with van der Waals surface area (Å²) in [5.74, 6) is -0.299. The lowest BCUT2D eigenvalue weighted by molar-refractivity contribution is -0.166. The Hall–Kier alpha value is -1.62. The van der Waals surface area contributed by atoms with E-state index < -0.39 is 4.32 Å². The average molecular weight is 389 g/mol. The van der Waals surface area contributed by atoms with Gasteiger partial charge < -0.3 is 9.47 Å². The molecule has 2 saturated heterocycles. The van der Waals surface area contributed by atoms with E-state index in [-0.39, 0.29) is 41.7 Å². The number of esters is 2. The van der Waals surface area contributed by atoms with Crippen molar-refractivity contribution in [2.24, 2.45) is 11.8 Å². The minimum absolute atomic E-state index is 0.0679. The number of ether oxygens (including phenoxy) is 2. The van der Waals surface area contributed by atoms with Gasteiger partial charge in [0, 0.05) is 11.8 Å². The third-order valence-electron chi connectivity index (χ3n) is 6.28. The molecule has 2 heterocycles. The molecule has 1 aromatic rings. The van der Waals surface area contributed by atoms with E-state index in [1.165, 1.54) is 18.2 Å². The Labute approximate surface area is 148 Å². The van der Waals surface area contributed by atoms with E-state index in [0.717, 1.165) is 12.0 Å². The van der Waals surface area contributed by atoms with Crippen LogP contribution < -0.4 is 0 Å². The van der Waals surface area contributed by atoms with E-state index >= 15 is 0 Å². The number of carbonyl (C=O) groups is 2. The summed E-state index contributed by atoms with van der Waals surface area (Å²) < 4.78 is 9.97. The fourth-order valence-corrected chi connectivity index (χ4v) is 6.48. The van der Waals surface area contributed by atoms with Gasteiger partial charge in [-0.3, -0.25) is 9.59 Å². The molecular weight excluding hydrogens is 372 g/mol. The van der Waals surface area contributed by atoms with Crippen molar-refractivity contribution in [2.75, 3.05) is 7.11 Å². The molecule has 6 rings (SSSR count). The molecule has 6 atom stereocenters. The van der Waals surface area contributed by atoms with Gasteiger partial charge >= 0.3 is 11.9 Å². The zero-order valence-corrected chi connectivity index (χ0v) is 14.8. The predicted molar refractivity (Wildman–Crippen MR) is 89.8 cm³/mol. The first-order valence-electron chi connectivity index (χ1n) is 8.34. The standard InChI is InChI=1S/C19H17BrO4/c1-23-17(21)9-6-12-10-4-2-3-5-11(10)14-8-15-13(7-9)16(12)19(14,20)18(22)24-15/h2-5,7,9,12,14-16H,6,8H2,1H3/t9-,12?,14?,15?,16?,19?/m0/s1. The van der Waals surface area contributed by atoms with Crippen LogP contribution in [-0.2, 0) is 19.1 Å². The summed E-state index contributed by atoms with van der Waals surface area (Å²) in [5, 5.41) is 0. The molecule has 5 unspecified atom stereocenters. The average Bonchev–Trinajstić information content (AvgIpc) is 2.61. The van der Waals surface area contributed by atoms with Gasteiger partial charge in [-0.05, 0) is 35.5 Å². The highest BCUT2D eigenvalue weighted by atomic mass is 79.9. The lowest BCUT2D eigenvalue weighted by atomic mass is 9.51. The molecule has 1 aromatic carbocycles. The van der Waals surface area contributed by atoms with Gasteiger partial charge in [-0.1, -0.05) is 46.3 Å². The Bertz CT molecular complexity index is 800. The van der Waals surface area contributed by atoms with E-state index in [1.54, 1.807) is 0 Å². The summed E-state index contributed by atoms with van der Waals surface area (Å²) >= 11 is 3.81. The number of rotatable bonds is 1. The normalized spacial score (nSPS) is 41.2. The number of alkyl halides is 1. The van der Waals surface area contributed by atoms with Crippen LogP contribution in [0.15, 0.2) is 35.9 Å². The molecule has 0 spiro atoms. The quantitative estimate of drug-likeness (QED) is 0.421. The van der Waals surface area contributed by atoms with Gasteiger partial charge in [-0.15, -0.1) is 0 Å². The van der Waals surface area contributed by atoms with Gasteiger partial charge in [0.2, 0.25) is 0 Å². The molecule has 124 valence electrons. The van der Waals surface area contributed by atoms with E-state index in [2.05, 4.69) is 28.1 Å². The van der Waals surface area contributed by atoms with E-state index in [0.29, 0.717) is 6.42 Å². The lowest BCUT2D eigenvalue weighted by Gasteiger charge is -2.60. The minimum Gasteiger partial charge on any atom is -0.469 e. The van der Waals surface area contributed by atoms with Gasteiger partial charge in [0.15, 0.2) is 0 Å². The highest BCUT2D eigenvalue weighted by Crippen LogP contribution is 2.67. The van der Waals surface area contributed by atoms with E-state index in [1.807, 2.05) is 18.2 Å². The minimum atomic E-state index is -0.701. The number of methoxy groups -OCH3 is 1. The maximum Gasteiger partial charge on any atom is 0.324 e. The molecule has 0 aromatic heterocycles. The van der Waals surface area contributed by atoms with Gasteiger partial charge in [0.1, 0.15) is 10.4 Å². The Balaban J connectivity index is 1.76. The molecule has 2 aliphatic heterocycles. The zero-order valence-electron chi connectivity index (χ0n) is 13.2. The maximum atomic E-state index is 12.7. The molecular formula is C19H17BrO4. The molecule has 5 aliphatic rings. The number of hydrogen-bond donors (Lipinski definition) is 0. The number of fused-ring (bicyclic) bond motifs is 3. The van der Waals surface area contributed by atoms with Crippen LogP contribution in [0.25, 0.3) is 0 Å². The van der Waals surface area contributed by atoms with Gasteiger partial charge in [0.25, 0.3) is 0 Å². The SMILES string of the molecule is COC(=O)[C@@H]1C=C2C3CC4c5ccccc5C(C1)C2C4(Br)C(=O)O3. The number of halogens is 1. The van der Waals surface area contributed by atoms with Crippen LogP contribution in [0.3, 0.4) is 0 Å². The topological polar surface area (TPSA) is 52.6 Å². The van der Waals surface area contributed by atoms with Crippen molar-refractivity contribution < 1.29 is 19.1 Å². The van der Waals surface area contributed by atoms with Gasteiger partial charge in [-0.2, -0.15) is 0 Å². The van der Waals surface area contributed by atoms with Crippen molar-refractivity contribution in [1.82, 2.24) is 0 Å². The highest BCUT2D eigenvalue weighted by Gasteiger charge is 2.68. The fourth-order valence-electron chi connectivity index (χ4n) is 5.37. The smallest absolute Gasteiger partial charge is 0.324 e. The largest absolute Gasteiger partial charge is 0.469 e. The summed E-state index contributed by atoms with van der Waals surface area (Å²) in [6, 6.07) is 8.35. The van der Waals surface area contributed by atoms with Crippen molar-refractivity contribution in [3.63, 3.8) is 0 Å². The Kier molecular flexibility index (Phi) is 2.89. The van der Waals surface area contributed by atoms with Gasteiger partial charge in [-0.25, -0.2) is 0 Å². The number of benzene rings is 1. The van der Waals surface area contributed by atoms with Crippen LogP contribution in [0.5, 0.6) is 0 Å². The van der Waals surface area contributed by atoms with Crippen molar-refractivity contribution in [3.8, 4) is 0 Å². The molecule has 1 saturated carbocycles. The van der Waals surface area contributed by atoms with Crippen molar-refractivity contribution >= 4 is 27.9 Å². The molecule has 3 fully saturated rings. The van der Waals surface area contributed by atoms with Crippen molar-refractivity contribution in [1.29, 1.82) is 0 Å². The zero-order chi connectivity index (χ0) is 16.6. The molecule has 3 aliphatic carbocycles. The molecule has 4 bridgehead atoms. The van der Waals surface area contributed by atoms with Gasteiger partial charge in [0.05, 0.1) is 13.0 Å². The molecule has 4 nitrogen and oxygen atoms in total. The number of hydrogen-bond acceptors (Lipinski definition) is 4. The highest BCUT2D eigenvalue weighted by molar-refractivity contribution is 9.10. The van der Waals surface area contributed by atoms with E-state index in [4.69, 9.17) is 9.47 Å². The Morgan fingerprint density at radius 3 is 2.79 bits per heavy atom. The second-order valence-electron chi connectivity index (χ2n) is 7.20. The van der Waals surface area contributed by atoms with Crippen LogP contribution in [0.2, 0.25) is 0 Å². The third kappa shape index (κ3) is 1.59. The molecule has 0 amide bonds. The van der Waals surface area contributed by atoms with Crippen molar-refractivity contribution in [2.45, 2.75) is 35.1 Å². The second-order valence-corrected chi connectivity index (χ2v) is 8.51. The van der Waals surface area contributed by atoms with Crippen LogP contribution in [0, 0.1) is 11.8 Å². The number of carbonyl (C=O) groups excluding carboxylic acids is 2. The fraction of sp³-hybridized carbons (Fsp3) is 0.474. The third-order valence-corrected chi connectivity index (χ3v) is 7.65. The molecule has 24 heavy (non-hydrogen) atoms. The Morgan fingerprint density at radius 2 is 2.04 bits per heavy atom. The first kappa shape index (κ1) is 14.7. The first-order valence-corrected chi connectivity index (χ1v) is 9.13. The first-order chi connectivity index (χ1) is 11.6. The van der Waals surface area contributed by atoms with Crippen LogP contribution in [-0.4, -0.2) is 29.5 Å². The van der Waals surface area contributed by atoms with Crippen LogP contribution in [0.1, 0.15) is 35.8 Å². The van der Waals surface area contributed by atoms with Crippen LogP contribution >= 0.6 is 15.9 Å². The lowest BCUT2D eigenvalue weighted by Crippen LogP contribution is -2.64. The molecule has 0 radical (unpaired) electrons. The van der Waals surface area contributed by atoms with Crippen LogP contribution in [0.4, 0.5) is 0 Å². The Morgan fingerprint density at radius 1 is 1.29 bits per heavy atom. The van der Waals surface area contributed by atoms with E-state index in [9.17, 15) is 9.59 Å². The second kappa shape index (κ2) is 4.72. The van der Waals surface area contributed by atoms with Crippen molar-refractivity contribution in [3.05, 3.63) is 47.0 Å². The monoisotopic (exact) mass is 388 g/mol.